The van der Waals surface area contributed by atoms with Gasteiger partial charge in [0, 0.05) is 0 Å². The number of rotatable bonds is 4. The standard InChI is InChI=1S/C17H18O/c1-2-16(18)13-17(14-9-5-3-6-10-14)15-11-7-4-8-12-15/h3-13,16,18H,2H2,1H3. The van der Waals surface area contributed by atoms with Gasteiger partial charge >= 0.3 is 0 Å². The predicted molar refractivity (Wildman–Crippen MR) is 76.3 cm³/mol. The highest BCUT2D eigenvalue weighted by Gasteiger charge is 2.06. The first-order valence-electron chi connectivity index (χ1n) is 6.32. The third-order valence-corrected chi connectivity index (χ3v) is 2.95. The van der Waals surface area contributed by atoms with E-state index in [9.17, 15) is 5.11 Å². The van der Waals surface area contributed by atoms with E-state index in [1.165, 1.54) is 0 Å². The highest BCUT2D eigenvalue weighted by atomic mass is 16.3. The molecule has 0 saturated carbocycles. The van der Waals surface area contributed by atoms with E-state index in [0.717, 1.165) is 23.1 Å². The second-order valence-electron chi connectivity index (χ2n) is 4.29. The first-order valence-corrected chi connectivity index (χ1v) is 6.32. The van der Waals surface area contributed by atoms with Gasteiger partial charge in [0.1, 0.15) is 0 Å². The Morgan fingerprint density at radius 1 is 0.944 bits per heavy atom. The van der Waals surface area contributed by atoms with Crippen LogP contribution in [-0.2, 0) is 0 Å². The summed E-state index contributed by atoms with van der Waals surface area (Å²) in [6.07, 6.45) is 2.26. The average molecular weight is 238 g/mol. The maximum absolute atomic E-state index is 9.87. The molecule has 0 heterocycles. The second-order valence-corrected chi connectivity index (χ2v) is 4.29. The molecule has 92 valence electrons. The summed E-state index contributed by atoms with van der Waals surface area (Å²) in [6, 6.07) is 20.4. The molecule has 0 aliphatic rings. The predicted octanol–water partition coefficient (Wildman–Crippen LogP) is 3.89. The van der Waals surface area contributed by atoms with Crippen LogP contribution in [-0.4, -0.2) is 11.2 Å². The van der Waals surface area contributed by atoms with E-state index < -0.39 is 6.10 Å². The van der Waals surface area contributed by atoms with Crippen LogP contribution in [0.1, 0.15) is 24.5 Å². The van der Waals surface area contributed by atoms with Crippen molar-refractivity contribution < 1.29 is 5.11 Å². The van der Waals surface area contributed by atoms with E-state index in [2.05, 4.69) is 24.3 Å². The Morgan fingerprint density at radius 2 is 1.39 bits per heavy atom. The molecule has 0 aliphatic carbocycles. The SMILES string of the molecule is CCC(O)C=C(c1ccccc1)c1ccccc1. The Labute approximate surface area is 108 Å². The molecule has 0 fully saturated rings. The quantitative estimate of drug-likeness (QED) is 0.856. The molecule has 0 saturated heterocycles. The molecular weight excluding hydrogens is 220 g/mol. The van der Waals surface area contributed by atoms with Crippen LogP contribution >= 0.6 is 0 Å². The van der Waals surface area contributed by atoms with Gasteiger partial charge in [-0.2, -0.15) is 0 Å². The van der Waals surface area contributed by atoms with Gasteiger partial charge in [0.2, 0.25) is 0 Å². The van der Waals surface area contributed by atoms with Gasteiger partial charge in [-0.15, -0.1) is 0 Å². The number of hydrogen-bond acceptors (Lipinski definition) is 1. The number of aliphatic hydroxyl groups is 1. The van der Waals surface area contributed by atoms with Gasteiger partial charge in [0.25, 0.3) is 0 Å². The lowest BCUT2D eigenvalue weighted by Gasteiger charge is -2.11. The van der Waals surface area contributed by atoms with Crippen molar-refractivity contribution in [1.82, 2.24) is 0 Å². The largest absolute Gasteiger partial charge is 0.389 e. The van der Waals surface area contributed by atoms with Crippen LogP contribution < -0.4 is 0 Å². The summed E-state index contributed by atoms with van der Waals surface area (Å²) in [7, 11) is 0. The van der Waals surface area contributed by atoms with Crippen molar-refractivity contribution in [1.29, 1.82) is 0 Å². The summed E-state index contributed by atoms with van der Waals surface area (Å²) in [5.41, 5.74) is 3.36. The molecule has 18 heavy (non-hydrogen) atoms. The molecule has 0 radical (unpaired) electrons. The summed E-state index contributed by atoms with van der Waals surface area (Å²) in [4.78, 5) is 0. The monoisotopic (exact) mass is 238 g/mol. The van der Waals surface area contributed by atoms with Gasteiger partial charge in [-0.1, -0.05) is 67.6 Å². The van der Waals surface area contributed by atoms with Crippen LogP contribution in [0.2, 0.25) is 0 Å². The third-order valence-electron chi connectivity index (χ3n) is 2.95. The summed E-state index contributed by atoms with van der Waals surface area (Å²) < 4.78 is 0. The number of hydrogen-bond donors (Lipinski definition) is 1. The summed E-state index contributed by atoms with van der Waals surface area (Å²) in [5.74, 6) is 0. The fraction of sp³-hybridized carbons (Fsp3) is 0.176. The second kappa shape index (κ2) is 6.18. The van der Waals surface area contributed by atoms with Crippen LogP contribution in [0.3, 0.4) is 0 Å². The Kier molecular flexibility index (Phi) is 4.32. The molecule has 2 aromatic rings. The maximum atomic E-state index is 9.87. The highest BCUT2D eigenvalue weighted by molar-refractivity contribution is 5.79. The van der Waals surface area contributed by atoms with E-state index in [4.69, 9.17) is 0 Å². The zero-order valence-electron chi connectivity index (χ0n) is 10.6. The molecular formula is C17H18O. The molecule has 1 N–H and O–H groups in total. The fourth-order valence-electron chi connectivity index (χ4n) is 1.90. The van der Waals surface area contributed by atoms with Gasteiger partial charge in [-0.05, 0) is 29.2 Å². The smallest absolute Gasteiger partial charge is 0.0727 e. The Bertz CT molecular complexity index is 458. The molecule has 1 atom stereocenters. The molecule has 0 aliphatic heterocycles. The zero-order chi connectivity index (χ0) is 12.8. The molecule has 0 bridgehead atoms. The summed E-state index contributed by atoms with van der Waals surface area (Å²) in [5, 5.41) is 9.87. The lowest BCUT2D eigenvalue weighted by Crippen LogP contribution is -2.01. The van der Waals surface area contributed by atoms with Crippen LogP contribution in [0, 0.1) is 0 Å². The first kappa shape index (κ1) is 12.6. The molecule has 0 aromatic heterocycles. The lowest BCUT2D eigenvalue weighted by molar-refractivity contribution is 0.219. The minimum absolute atomic E-state index is 0.402. The van der Waals surface area contributed by atoms with Gasteiger partial charge in [0.05, 0.1) is 6.10 Å². The highest BCUT2D eigenvalue weighted by Crippen LogP contribution is 2.23. The summed E-state index contributed by atoms with van der Waals surface area (Å²) >= 11 is 0. The van der Waals surface area contributed by atoms with Crippen molar-refractivity contribution >= 4 is 5.57 Å². The van der Waals surface area contributed by atoms with Crippen molar-refractivity contribution in [2.24, 2.45) is 0 Å². The van der Waals surface area contributed by atoms with Gasteiger partial charge in [-0.3, -0.25) is 0 Å². The van der Waals surface area contributed by atoms with Crippen molar-refractivity contribution in [3.05, 3.63) is 77.9 Å². The van der Waals surface area contributed by atoms with Crippen LogP contribution in [0.5, 0.6) is 0 Å². The van der Waals surface area contributed by atoms with Crippen molar-refractivity contribution in [3.63, 3.8) is 0 Å². The van der Waals surface area contributed by atoms with Crippen LogP contribution in [0.25, 0.3) is 5.57 Å². The van der Waals surface area contributed by atoms with Crippen LogP contribution in [0.4, 0.5) is 0 Å². The van der Waals surface area contributed by atoms with E-state index in [1.54, 1.807) is 0 Å². The topological polar surface area (TPSA) is 20.2 Å². The molecule has 0 spiro atoms. The normalized spacial score (nSPS) is 11.9. The average Bonchev–Trinajstić information content (AvgIpc) is 2.46. The summed E-state index contributed by atoms with van der Waals surface area (Å²) in [6.45, 7) is 1.98. The molecule has 1 nitrogen and oxygen atoms in total. The lowest BCUT2D eigenvalue weighted by atomic mass is 9.96. The molecule has 1 unspecified atom stereocenters. The van der Waals surface area contributed by atoms with Crippen molar-refractivity contribution in [2.75, 3.05) is 0 Å². The van der Waals surface area contributed by atoms with Crippen molar-refractivity contribution in [2.45, 2.75) is 19.4 Å². The van der Waals surface area contributed by atoms with Crippen molar-refractivity contribution in [3.8, 4) is 0 Å². The van der Waals surface area contributed by atoms with Gasteiger partial charge < -0.3 is 5.11 Å². The minimum atomic E-state index is -0.402. The Hall–Kier alpha value is -1.86. The molecule has 2 rings (SSSR count). The minimum Gasteiger partial charge on any atom is -0.389 e. The molecule has 1 heteroatoms. The van der Waals surface area contributed by atoms with E-state index in [-0.39, 0.29) is 0 Å². The van der Waals surface area contributed by atoms with E-state index in [0.29, 0.717) is 0 Å². The van der Waals surface area contributed by atoms with E-state index >= 15 is 0 Å². The fourth-order valence-corrected chi connectivity index (χ4v) is 1.90. The van der Waals surface area contributed by atoms with Gasteiger partial charge in [0.15, 0.2) is 0 Å². The number of benzene rings is 2. The Morgan fingerprint density at radius 3 is 1.78 bits per heavy atom. The molecule has 2 aromatic carbocycles. The zero-order valence-corrected chi connectivity index (χ0v) is 10.6. The molecule has 0 amide bonds. The van der Waals surface area contributed by atoms with E-state index in [1.807, 2.05) is 49.4 Å². The Balaban J connectivity index is 2.45. The number of aliphatic hydroxyl groups excluding tert-OH is 1. The van der Waals surface area contributed by atoms with Crippen LogP contribution in [0.15, 0.2) is 66.7 Å². The third kappa shape index (κ3) is 3.08. The first-order chi connectivity index (χ1) is 8.81. The maximum Gasteiger partial charge on any atom is 0.0727 e. The van der Waals surface area contributed by atoms with Gasteiger partial charge in [-0.25, -0.2) is 0 Å².